The van der Waals surface area contributed by atoms with E-state index < -0.39 is 0 Å². The van der Waals surface area contributed by atoms with Crippen molar-refractivity contribution in [1.82, 2.24) is 0 Å². The van der Waals surface area contributed by atoms with E-state index in [2.05, 4.69) is 17.1 Å². The molecular formula is C13H26OTe. The summed E-state index contributed by atoms with van der Waals surface area (Å²) in [4.78, 5) is 0. The van der Waals surface area contributed by atoms with Crippen LogP contribution in [0.25, 0.3) is 0 Å². The second kappa shape index (κ2) is 14.5. The van der Waals surface area contributed by atoms with E-state index in [0.29, 0.717) is 6.61 Å². The number of aliphatic hydroxyl groups excluding tert-OH is 1. The van der Waals surface area contributed by atoms with Gasteiger partial charge in [0.2, 0.25) is 0 Å². The van der Waals surface area contributed by atoms with Gasteiger partial charge in [-0.3, -0.25) is 0 Å². The molecular weight excluding hydrogens is 300 g/mol. The average molecular weight is 326 g/mol. The third-order valence-electron chi connectivity index (χ3n) is 2.34. The van der Waals surface area contributed by atoms with Gasteiger partial charge in [-0.15, -0.1) is 0 Å². The summed E-state index contributed by atoms with van der Waals surface area (Å²) in [6.45, 7) is 2.63. The Kier molecular flexibility index (Phi) is 15.0. The van der Waals surface area contributed by atoms with E-state index in [9.17, 15) is 0 Å². The SMILES string of the molecule is CCCC[Te]/C=C/CCCCCCCO. The molecule has 0 aromatic rings. The maximum atomic E-state index is 8.60. The normalized spacial score (nSPS) is 11.3. The number of allylic oxidation sites excluding steroid dienone is 1. The summed E-state index contributed by atoms with van der Waals surface area (Å²) < 4.78 is 3.95. The zero-order valence-corrected chi connectivity index (χ0v) is 12.4. The summed E-state index contributed by atoms with van der Waals surface area (Å²) in [6, 6.07) is 0. The zero-order chi connectivity index (χ0) is 11.2. The summed E-state index contributed by atoms with van der Waals surface area (Å²) in [7, 11) is 0. The molecule has 0 atom stereocenters. The molecule has 0 saturated heterocycles. The van der Waals surface area contributed by atoms with Gasteiger partial charge in [0.05, 0.1) is 0 Å². The standard InChI is InChI=1S/C13H26OTe/c1-2-3-12-15-13-10-8-6-4-5-7-9-11-14/h10,13-14H,2-9,11-12H2,1H3/b13-10+. The van der Waals surface area contributed by atoms with Crippen molar-refractivity contribution in [2.24, 2.45) is 0 Å². The van der Waals surface area contributed by atoms with E-state index in [4.69, 9.17) is 5.11 Å². The van der Waals surface area contributed by atoms with Crippen LogP contribution in [0.4, 0.5) is 0 Å². The van der Waals surface area contributed by atoms with Crippen LogP contribution in [-0.2, 0) is 0 Å². The van der Waals surface area contributed by atoms with Crippen molar-refractivity contribution < 1.29 is 5.11 Å². The van der Waals surface area contributed by atoms with Crippen LogP contribution in [0.15, 0.2) is 10.2 Å². The van der Waals surface area contributed by atoms with Crippen molar-refractivity contribution in [3.05, 3.63) is 10.2 Å². The monoisotopic (exact) mass is 328 g/mol. The fourth-order valence-corrected chi connectivity index (χ4v) is 3.80. The van der Waals surface area contributed by atoms with Gasteiger partial charge in [-0.25, -0.2) is 0 Å². The van der Waals surface area contributed by atoms with Gasteiger partial charge >= 0.3 is 106 Å². The summed E-state index contributed by atoms with van der Waals surface area (Å²) in [5.41, 5.74) is 0. The van der Waals surface area contributed by atoms with E-state index in [1.165, 1.54) is 49.4 Å². The molecule has 0 fully saturated rings. The summed E-state index contributed by atoms with van der Waals surface area (Å²) in [5.74, 6) is 0. The quantitative estimate of drug-likeness (QED) is 0.453. The molecule has 0 spiro atoms. The molecule has 0 saturated carbocycles. The summed E-state index contributed by atoms with van der Waals surface area (Å²) in [6.07, 6.45) is 12.6. The second-order valence-electron chi connectivity index (χ2n) is 3.88. The van der Waals surface area contributed by atoms with Crippen molar-refractivity contribution in [2.45, 2.75) is 62.8 Å². The Morgan fingerprint density at radius 1 is 1.00 bits per heavy atom. The van der Waals surface area contributed by atoms with Crippen LogP contribution in [0, 0.1) is 0 Å². The van der Waals surface area contributed by atoms with Crippen molar-refractivity contribution >= 4 is 20.9 Å². The van der Waals surface area contributed by atoms with Crippen LogP contribution in [0.2, 0.25) is 4.47 Å². The Balaban J connectivity index is 2.96. The first kappa shape index (κ1) is 15.5. The molecule has 1 N–H and O–H groups in total. The van der Waals surface area contributed by atoms with Gasteiger partial charge in [-0.1, -0.05) is 0 Å². The van der Waals surface area contributed by atoms with Crippen LogP contribution in [0.3, 0.4) is 0 Å². The molecule has 1 nitrogen and oxygen atoms in total. The minimum atomic E-state index is 0.211. The van der Waals surface area contributed by atoms with Crippen LogP contribution < -0.4 is 0 Å². The van der Waals surface area contributed by atoms with E-state index in [1.54, 1.807) is 0 Å². The minimum absolute atomic E-state index is 0.211. The molecule has 0 radical (unpaired) electrons. The molecule has 0 bridgehead atoms. The first-order valence-electron chi connectivity index (χ1n) is 6.29. The van der Waals surface area contributed by atoms with Crippen LogP contribution in [0.5, 0.6) is 0 Å². The summed E-state index contributed by atoms with van der Waals surface area (Å²) >= 11 is 0.211. The molecule has 0 amide bonds. The third kappa shape index (κ3) is 14.5. The number of unbranched alkanes of at least 4 members (excludes halogenated alkanes) is 6. The third-order valence-corrected chi connectivity index (χ3v) is 4.93. The van der Waals surface area contributed by atoms with Gasteiger partial charge in [0.15, 0.2) is 0 Å². The number of rotatable bonds is 11. The second-order valence-corrected chi connectivity index (χ2v) is 6.77. The van der Waals surface area contributed by atoms with Gasteiger partial charge in [0.1, 0.15) is 0 Å². The van der Waals surface area contributed by atoms with Crippen molar-refractivity contribution in [3.8, 4) is 0 Å². The first-order valence-corrected chi connectivity index (χ1v) is 9.28. The number of aliphatic hydroxyl groups is 1. The molecule has 0 rings (SSSR count). The Morgan fingerprint density at radius 3 is 2.47 bits per heavy atom. The predicted octanol–water partition coefficient (Wildman–Crippen LogP) is 3.76. The zero-order valence-electron chi connectivity index (χ0n) is 10.1. The Morgan fingerprint density at radius 2 is 1.73 bits per heavy atom. The average Bonchev–Trinajstić information content (AvgIpc) is 2.26. The van der Waals surface area contributed by atoms with Crippen LogP contribution in [0.1, 0.15) is 58.3 Å². The van der Waals surface area contributed by atoms with Gasteiger partial charge in [-0.05, 0) is 0 Å². The molecule has 0 aliphatic heterocycles. The molecule has 0 aliphatic rings. The maximum absolute atomic E-state index is 8.60. The number of hydrogen-bond donors (Lipinski definition) is 1. The van der Waals surface area contributed by atoms with Gasteiger partial charge in [-0.2, -0.15) is 0 Å². The topological polar surface area (TPSA) is 20.2 Å². The van der Waals surface area contributed by atoms with E-state index in [-0.39, 0.29) is 20.9 Å². The van der Waals surface area contributed by atoms with E-state index >= 15 is 0 Å². The first-order chi connectivity index (χ1) is 7.41. The van der Waals surface area contributed by atoms with Gasteiger partial charge in [0, 0.05) is 0 Å². The summed E-state index contributed by atoms with van der Waals surface area (Å²) in [5, 5.41) is 8.60. The molecule has 2 heteroatoms. The Bertz CT molecular complexity index is 134. The molecule has 90 valence electrons. The Hall–Kier alpha value is 0.490. The van der Waals surface area contributed by atoms with Gasteiger partial charge in [0.25, 0.3) is 0 Å². The van der Waals surface area contributed by atoms with E-state index in [1.807, 2.05) is 0 Å². The van der Waals surface area contributed by atoms with Crippen LogP contribution >= 0.6 is 0 Å². The predicted molar refractivity (Wildman–Crippen MR) is 69.4 cm³/mol. The van der Waals surface area contributed by atoms with Crippen molar-refractivity contribution in [3.63, 3.8) is 0 Å². The molecule has 15 heavy (non-hydrogen) atoms. The van der Waals surface area contributed by atoms with E-state index in [0.717, 1.165) is 6.42 Å². The fraction of sp³-hybridized carbons (Fsp3) is 0.846. The van der Waals surface area contributed by atoms with Gasteiger partial charge < -0.3 is 0 Å². The molecule has 0 unspecified atom stereocenters. The fourth-order valence-electron chi connectivity index (χ4n) is 1.34. The molecule has 0 heterocycles. The molecule has 0 aliphatic carbocycles. The Labute approximate surface area is 105 Å². The van der Waals surface area contributed by atoms with Crippen molar-refractivity contribution in [2.75, 3.05) is 6.61 Å². The van der Waals surface area contributed by atoms with Crippen LogP contribution in [-0.4, -0.2) is 32.6 Å². The van der Waals surface area contributed by atoms with Crippen molar-refractivity contribution in [1.29, 1.82) is 0 Å². The number of hydrogen-bond acceptors (Lipinski definition) is 1. The molecule has 0 aromatic carbocycles. The molecule has 0 aromatic heterocycles.